The average Bonchev–Trinajstić information content (AvgIpc) is 2.27. The number of aromatic nitrogens is 1. The zero-order valence-corrected chi connectivity index (χ0v) is 10.0. The Morgan fingerprint density at radius 1 is 1.67 bits per heavy atom. The van der Waals surface area contributed by atoms with E-state index in [9.17, 15) is 15.2 Å². The molecule has 0 aliphatic carbocycles. The van der Waals surface area contributed by atoms with Crippen molar-refractivity contribution in [3.63, 3.8) is 0 Å². The molecule has 0 bridgehead atoms. The van der Waals surface area contributed by atoms with E-state index in [0.29, 0.717) is 25.3 Å². The summed E-state index contributed by atoms with van der Waals surface area (Å²) in [6, 6.07) is 1.59. The number of ether oxygens (including phenoxy) is 1. The van der Waals surface area contributed by atoms with E-state index in [4.69, 9.17) is 4.74 Å². The standard InChI is InChI=1S/C11H15N3O4/c1-8-2-3-12-10(9(8)14(16)17)13-4-11(5-15)6-18-7-11/h2-3,15H,4-7H2,1H3,(H,12,13). The van der Waals surface area contributed by atoms with E-state index in [1.807, 2.05) is 0 Å². The lowest BCUT2D eigenvalue weighted by Gasteiger charge is -2.39. The molecule has 1 aromatic heterocycles. The van der Waals surface area contributed by atoms with Gasteiger partial charge in [0.05, 0.1) is 30.2 Å². The van der Waals surface area contributed by atoms with Crippen LogP contribution in [0.1, 0.15) is 5.56 Å². The predicted molar refractivity (Wildman–Crippen MR) is 64.5 cm³/mol. The van der Waals surface area contributed by atoms with Crippen molar-refractivity contribution in [2.75, 3.05) is 31.7 Å². The fourth-order valence-corrected chi connectivity index (χ4v) is 1.82. The summed E-state index contributed by atoms with van der Waals surface area (Å²) < 4.78 is 5.06. The van der Waals surface area contributed by atoms with Crippen molar-refractivity contribution in [3.8, 4) is 0 Å². The van der Waals surface area contributed by atoms with Gasteiger partial charge >= 0.3 is 5.69 Å². The van der Waals surface area contributed by atoms with E-state index >= 15 is 0 Å². The fraction of sp³-hybridized carbons (Fsp3) is 0.545. The van der Waals surface area contributed by atoms with Gasteiger partial charge in [0.15, 0.2) is 0 Å². The van der Waals surface area contributed by atoms with Crippen LogP contribution < -0.4 is 5.32 Å². The number of hydrogen-bond donors (Lipinski definition) is 2. The van der Waals surface area contributed by atoms with E-state index < -0.39 is 4.92 Å². The van der Waals surface area contributed by atoms with Gasteiger partial charge < -0.3 is 15.2 Å². The molecule has 2 heterocycles. The second-order valence-electron chi connectivity index (χ2n) is 4.59. The Balaban J connectivity index is 2.14. The van der Waals surface area contributed by atoms with Crippen molar-refractivity contribution >= 4 is 11.5 Å². The first-order valence-corrected chi connectivity index (χ1v) is 5.60. The van der Waals surface area contributed by atoms with Crippen LogP contribution >= 0.6 is 0 Å². The third-order valence-electron chi connectivity index (χ3n) is 3.09. The van der Waals surface area contributed by atoms with Crippen LogP contribution in [-0.4, -0.2) is 41.4 Å². The zero-order chi connectivity index (χ0) is 13.2. The molecule has 7 heteroatoms. The first-order valence-electron chi connectivity index (χ1n) is 5.60. The van der Waals surface area contributed by atoms with Gasteiger partial charge in [-0.15, -0.1) is 0 Å². The van der Waals surface area contributed by atoms with E-state index in [1.165, 1.54) is 6.20 Å². The average molecular weight is 253 g/mol. The number of aliphatic hydroxyl groups excluding tert-OH is 1. The highest BCUT2D eigenvalue weighted by Gasteiger charge is 2.38. The molecule has 0 amide bonds. The first-order chi connectivity index (χ1) is 8.58. The van der Waals surface area contributed by atoms with Crippen LogP contribution in [0.15, 0.2) is 12.3 Å². The topological polar surface area (TPSA) is 97.5 Å². The Morgan fingerprint density at radius 3 is 2.89 bits per heavy atom. The van der Waals surface area contributed by atoms with Crippen LogP contribution in [0.2, 0.25) is 0 Å². The number of anilines is 1. The van der Waals surface area contributed by atoms with Crippen molar-refractivity contribution in [1.29, 1.82) is 0 Å². The number of aliphatic hydroxyl groups is 1. The van der Waals surface area contributed by atoms with E-state index in [1.54, 1.807) is 13.0 Å². The molecule has 98 valence electrons. The van der Waals surface area contributed by atoms with Gasteiger partial charge in [0.2, 0.25) is 5.82 Å². The number of aryl methyl sites for hydroxylation is 1. The molecular weight excluding hydrogens is 238 g/mol. The SMILES string of the molecule is Cc1ccnc(NCC2(CO)COC2)c1[N+](=O)[O-]. The van der Waals surface area contributed by atoms with Crippen molar-refractivity contribution < 1.29 is 14.8 Å². The van der Waals surface area contributed by atoms with Gasteiger partial charge in [0.25, 0.3) is 0 Å². The van der Waals surface area contributed by atoms with Crippen molar-refractivity contribution in [2.45, 2.75) is 6.92 Å². The van der Waals surface area contributed by atoms with Crippen molar-refractivity contribution in [1.82, 2.24) is 4.98 Å². The molecule has 0 atom stereocenters. The Kier molecular flexibility index (Phi) is 3.44. The minimum Gasteiger partial charge on any atom is -0.396 e. The van der Waals surface area contributed by atoms with Crippen LogP contribution in [0, 0.1) is 22.5 Å². The molecule has 2 N–H and O–H groups in total. The molecule has 0 saturated carbocycles. The molecule has 0 radical (unpaired) electrons. The molecule has 0 aromatic carbocycles. The normalized spacial score (nSPS) is 17.0. The Labute approximate surface area is 104 Å². The summed E-state index contributed by atoms with van der Waals surface area (Å²) in [6.45, 7) is 2.96. The Morgan fingerprint density at radius 2 is 2.39 bits per heavy atom. The van der Waals surface area contributed by atoms with E-state index in [-0.39, 0.29) is 23.5 Å². The van der Waals surface area contributed by atoms with Gasteiger partial charge in [0.1, 0.15) is 0 Å². The number of nitrogens with one attached hydrogen (secondary N) is 1. The molecule has 7 nitrogen and oxygen atoms in total. The second-order valence-corrected chi connectivity index (χ2v) is 4.59. The smallest absolute Gasteiger partial charge is 0.314 e. The molecule has 1 aromatic rings. The Bertz CT molecular complexity index is 454. The van der Waals surface area contributed by atoms with Gasteiger partial charge in [-0.05, 0) is 13.0 Å². The molecule has 2 rings (SSSR count). The Hall–Kier alpha value is -1.73. The predicted octanol–water partition coefficient (Wildman–Crippen LogP) is 0.719. The van der Waals surface area contributed by atoms with E-state index in [2.05, 4.69) is 10.3 Å². The highest BCUT2D eigenvalue weighted by Crippen LogP contribution is 2.30. The minimum atomic E-state index is -0.451. The highest BCUT2D eigenvalue weighted by molar-refractivity contribution is 5.59. The van der Waals surface area contributed by atoms with Crippen LogP contribution in [0.3, 0.4) is 0 Å². The molecule has 1 saturated heterocycles. The lowest BCUT2D eigenvalue weighted by molar-refractivity contribution is -0.384. The second kappa shape index (κ2) is 4.87. The van der Waals surface area contributed by atoms with Gasteiger partial charge in [-0.3, -0.25) is 10.1 Å². The lowest BCUT2D eigenvalue weighted by atomic mass is 9.87. The summed E-state index contributed by atoms with van der Waals surface area (Å²) >= 11 is 0. The first kappa shape index (κ1) is 12.7. The van der Waals surface area contributed by atoms with Crippen molar-refractivity contribution in [2.24, 2.45) is 5.41 Å². The third-order valence-corrected chi connectivity index (χ3v) is 3.09. The molecule has 1 aliphatic rings. The lowest BCUT2D eigenvalue weighted by Crippen LogP contribution is -2.50. The van der Waals surface area contributed by atoms with Gasteiger partial charge in [-0.25, -0.2) is 4.98 Å². The van der Waals surface area contributed by atoms with Crippen LogP contribution in [-0.2, 0) is 4.74 Å². The minimum absolute atomic E-state index is 0.0143. The van der Waals surface area contributed by atoms with Crippen molar-refractivity contribution in [3.05, 3.63) is 27.9 Å². The maximum Gasteiger partial charge on any atom is 0.314 e. The summed E-state index contributed by atoms with van der Waals surface area (Å²) in [5.74, 6) is 0.236. The maximum absolute atomic E-state index is 11.0. The monoisotopic (exact) mass is 253 g/mol. The summed E-state index contributed by atoms with van der Waals surface area (Å²) in [4.78, 5) is 14.5. The van der Waals surface area contributed by atoms with Gasteiger partial charge in [-0.1, -0.05) is 0 Å². The largest absolute Gasteiger partial charge is 0.396 e. The summed E-state index contributed by atoms with van der Waals surface area (Å²) in [5, 5.41) is 23.2. The summed E-state index contributed by atoms with van der Waals surface area (Å²) in [6.07, 6.45) is 1.52. The molecule has 0 spiro atoms. The maximum atomic E-state index is 11.0. The van der Waals surface area contributed by atoms with E-state index in [0.717, 1.165) is 0 Å². The molecule has 18 heavy (non-hydrogen) atoms. The highest BCUT2D eigenvalue weighted by atomic mass is 16.6. The van der Waals surface area contributed by atoms with Gasteiger partial charge in [0, 0.05) is 18.3 Å². The number of pyridine rings is 1. The van der Waals surface area contributed by atoms with Crippen LogP contribution in [0.25, 0.3) is 0 Å². The fourth-order valence-electron chi connectivity index (χ4n) is 1.82. The number of hydrogen-bond acceptors (Lipinski definition) is 6. The van der Waals surface area contributed by atoms with Crippen LogP contribution in [0.4, 0.5) is 11.5 Å². The number of rotatable bonds is 5. The van der Waals surface area contributed by atoms with Crippen LogP contribution in [0.5, 0.6) is 0 Å². The third kappa shape index (κ3) is 2.27. The number of nitro groups is 1. The zero-order valence-electron chi connectivity index (χ0n) is 10.0. The summed E-state index contributed by atoms with van der Waals surface area (Å²) in [5.41, 5.74) is 0.186. The molecule has 0 unspecified atom stereocenters. The van der Waals surface area contributed by atoms with Gasteiger partial charge in [-0.2, -0.15) is 0 Å². The molecular formula is C11H15N3O4. The molecule has 1 aliphatic heterocycles. The summed E-state index contributed by atoms with van der Waals surface area (Å²) in [7, 11) is 0. The number of nitrogens with zero attached hydrogens (tertiary/aromatic N) is 2. The quantitative estimate of drug-likeness (QED) is 0.592. The molecule has 1 fully saturated rings.